The van der Waals surface area contributed by atoms with E-state index in [9.17, 15) is 4.79 Å². The van der Waals surface area contributed by atoms with Gasteiger partial charge < -0.3 is 15.4 Å². The Hall–Kier alpha value is -0.530. The van der Waals surface area contributed by atoms with Crippen LogP contribution < -0.4 is 15.4 Å². The smallest absolute Gasteiger partial charge is 0.252 e. The lowest BCUT2D eigenvalue weighted by atomic mass is 10.1. The van der Waals surface area contributed by atoms with E-state index in [0.29, 0.717) is 0 Å². The lowest BCUT2D eigenvalue weighted by Crippen LogP contribution is -2.42. The molecular formula is C13H18ClIN2O2. The first-order chi connectivity index (χ1) is 8.70. The Morgan fingerprint density at radius 2 is 2.11 bits per heavy atom. The standard InChI is InChI=1S/C13H17IN2O2.ClH/c1-18-10-2-3-11(12(14)8-10)13(17)16-9-4-6-15-7-5-9;/h2-3,8-9,15H,4-7H2,1H3,(H,16,17);1H. The molecule has 1 saturated heterocycles. The predicted molar refractivity (Wildman–Crippen MR) is 86.3 cm³/mol. The number of carbonyl (C=O) groups is 1. The zero-order valence-electron chi connectivity index (χ0n) is 10.7. The van der Waals surface area contributed by atoms with Crippen LogP contribution in [0, 0.1) is 3.57 Å². The fourth-order valence-corrected chi connectivity index (χ4v) is 2.77. The third kappa shape index (κ3) is 4.50. The van der Waals surface area contributed by atoms with Crippen LogP contribution in [0.25, 0.3) is 0 Å². The maximum absolute atomic E-state index is 12.2. The molecule has 19 heavy (non-hydrogen) atoms. The molecule has 1 aliphatic rings. The molecule has 0 aromatic heterocycles. The molecule has 1 fully saturated rings. The van der Waals surface area contributed by atoms with Crippen LogP contribution in [0.5, 0.6) is 5.75 Å². The summed E-state index contributed by atoms with van der Waals surface area (Å²) in [5, 5.41) is 6.37. The van der Waals surface area contributed by atoms with Crippen LogP contribution in [-0.4, -0.2) is 32.1 Å². The highest BCUT2D eigenvalue weighted by atomic mass is 127. The van der Waals surface area contributed by atoms with Crippen molar-refractivity contribution in [2.75, 3.05) is 20.2 Å². The van der Waals surface area contributed by atoms with Crippen LogP contribution in [0.15, 0.2) is 18.2 Å². The molecular weight excluding hydrogens is 379 g/mol. The van der Waals surface area contributed by atoms with E-state index in [1.165, 1.54) is 0 Å². The minimum Gasteiger partial charge on any atom is -0.497 e. The van der Waals surface area contributed by atoms with Crippen LogP contribution in [-0.2, 0) is 0 Å². The Morgan fingerprint density at radius 1 is 1.42 bits per heavy atom. The van der Waals surface area contributed by atoms with E-state index >= 15 is 0 Å². The summed E-state index contributed by atoms with van der Waals surface area (Å²) < 4.78 is 6.05. The normalized spacial score (nSPS) is 15.5. The molecule has 1 aromatic carbocycles. The molecule has 1 aromatic rings. The zero-order chi connectivity index (χ0) is 13.0. The van der Waals surface area contributed by atoms with Gasteiger partial charge in [-0.25, -0.2) is 0 Å². The third-order valence-electron chi connectivity index (χ3n) is 3.10. The second-order valence-corrected chi connectivity index (χ2v) is 5.51. The summed E-state index contributed by atoms with van der Waals surface area (Å²) in [6, 6.07) is 5.80. The molecule has 0 unspecified atom stereocenters. The topological polar surface area (TPSA) is 50.4 Å². The van der Waals surface area contributed by atoms with Crippen molar-refractivity contribution in [2.24, 2.45) is 0 Å². The first kappa shape index (κ1) is 16.5. The maximum atomic E-state index is 12.2. The summed E-state index contributed by atoms with van der Waals surface area (Å²) in [7, 11) is 1.63. The SMILES string of the molecule is COc1ccc(C(=O)NC2CCNCC2)c(I)c1.Cl. The Kier molecular flexibility index (Phi) is 6.88. The fraction of sp³-hybridized carbons (Fsp3) is 0.462. The van der Waals surface area contributed by atoms with E-state index in [1.807, 2.05) is 18.2 Å². The number of rotatable bonds is 3. The van der Waals surface area contributed by atoms with Gasteiger partial charge in [0.25, 0.3) is 5.91 Å². The van der Waals surface area contributed by atoms with E-state index in [0.717, 1.165) is 40.8 Å². The van der Waals surface area contributed by atoms with Crippen molar-refractivity contribution in [3.05, 3.63) is 27.3 Å². The van der Waals surface area contributed by atoms with Crippen molar-refractivity contribution >= 4 is 40.9 Å². The molecule has 0 saturated carbocycles. The highest BCUT2D eigenvalue weighted by molar-refractivity contribution is 14.1. The maximum Gasteiger partial charge on any atom is 0.252 e. The average molecular weight is 397 g/mol. The van der Waals surface area contributed by atoms with E-state index in [1.54, 1.807) is 7.11 Å². The van der Waals surface area contributed by atoms with Gasteiger partial charge >= 0.3 is 0 Å². The minimum atomic E-state index is 0. The van der Waals surface area contributed by atoms with E-state index < -0.39 is 0 Å². The molecule has 0 radical (unpaired) electrons. The van der Waals surface area contributed by atoms with Gasteiger partial charge in [-0.15, -0.1) is 12.4 Å². The van der Waals surface area contributed by atoms with Crippen molar-refractivity contribution in [2.45, 2.75) is 18.9 Å². The summed E-state index contributed by atoms with van der Waals surface area (Å²) in [6.45, 7) is 1.95. The second kappa shape index (κ2) is 7.91. The molecule has 2 N–H and O–H groups in total. The van der Waals surface area contributed by atoms with Crippen molar-refractivity contribution in [1.29, 1.82) is 0 Å². The molecule has 4 nitrogen and oxygen atoms in total. The zero-order valence-corrected chi connectivity index (χ0v) is 13.7. The van der Waals surface area contributed by atoms with Crippen molar-refractivity contribution in [1.82, 2.24) is 10.6 Å². The number of nitrogens with one attached hydrogen (secondary N) is 2. The van der Waals surface area contributed by atoms with Crippen molar-refractivity contribution in [3.8, 4) is 5.75 Å². The molecule has 1 amide bonds. The van der Waals surface area contributed by atoms with Gasteiger partial charge in [0, 0.05) is 9.61 Å². The molecule has 1 aliphatic heterocycles. The van der Waals surface area contributed by atoms with Gasteiger partial charge in [-0.3, -0.25) is 4.79 Å². The molecule has 106 valence electrons. The molecule has 0 spiro atoms. The Bertz CT molecular complexity index is 437. The predicted octanol–water partition coefficient (Wildman–Crippen LogP) is 2.20. The largest absolute Gasteiger partial charge is 0.497 e. The van der Waals surface area contributed by atoms with Crippen LogP contribution in [0.1, 0.15) is 23.2 Å². The van der Waals surface area contributed by atoms with E-state index in [4.69, 9.17) is 4.74 Å². The van der Waals surface area contributed by atoms with Crippen LogP contribution in [0.4, 0.5) is 0 Å². The average Bonchev–Trinajstić information content (AvgIpc) is 2.39. The molecule has 0 aliphatic carbocycles. The van der Waals surface area contributed by atoms with Crippen LogP contribution in [0.3, 0.4) is 0 Å². The third-order valence-corrected chi connectivity index (χ3v) is 3.99. The summed E-state index contributed by atoms with van der Waals surface area (Å²) >= 11 is 2.17. The minimum absolute atomic E-state index is 0. The highest BCUT2D eigenvalue weighted by Crippen LogP contribution is 2.19. The summed E-state index contributed by atoms with van der Waals surface area (Å²) in [5.74, 6) is 0.784. The number of hydrogen-bond acceptors (Lipinski definition) is 3. The first-order valence-electron chi connectivity index (χ1n) is 6.06. The second-order valence-electron chi connectivity index (χ2n) is 4.34. The summed E-state index contributed by atoms with van der Waals surface area (Å²) in [6.07, 6.45) is 2.00. The number of ether oxygens (including phenoxy) is 1. The van der Waals surface area contributed by atoms with Crippen LogP contribution in [0.2, 0.25) is 0 Å². The van der Waals surface area contributed by atoms with Gasteiger partial charge in [0.2, 0.25) is 0 Å². The number of hydrogen-bond donors (Lipinski definition) is 2. The lowest BCUT2D eigenvalue weighted by molar-refractivity contribution is 0.0928. The summed E-state index contributed by atoms with van der Waals surface area (Å²) in [4.78, 5) is 12.2. The van der Waals surface area contributed by atoms with Gasteiger partial charge in [0.1, 0.15) is 5.75 Å². The number of halogens is 2. The van der Waals surface area contributed by atoms with Crippen molar-refractivity contribution < 1.29 is 9.53 Å². The van der Waals surface area contributed by atoms with E-state index in [-0.39, 0.29) is 24.4 Å². The number of amides is 1. The molecule has 0 bridgehead atoms. The number of piperidine rings is 1. The molecule has 1 heterocycles. The Morgan fingerprint density at radius 3 is 2.68 bits per heavy atom. The lowest BCUT2D eigenvalue weighted by Gasteiger charge is -2.23. The van der Waals surface area contributed by atoms with Gasteiger partial charge in [-0.1, -0.05) is 0 Å². The number of methoxy groups -OCH3 is 1. The van der Waals surface area contributed by atoms with Gasteiger partial charge in [-0.05, 0) is 66.7 Å². The van der Waals surface area contributed by atoms with Gasteiger partial charge in [0.05, 0.1) is 12.7 Å². The van der Waals surface area contributed by atoms with Gasteiger partial charge in [0.15, 0.2) is 0 Å². The fourth-order valence-electron chi connectivity index (χ4n) is 2.04. The Labute approximate surface area is 133 Å². The molecule has 2 rings (SSSR count). The monoisotopic (exact) mass is 396 g/mol. The number of benzene rings is 1. The van der Waals surface area contributed by atoms with Gasteiger partial charge in [-0.2, -0.15) is 0 Å². The Balaban J connectivity index is 0.00000180. The molecule has 6 heteroatoms. The summed E-state index contributed by atoms with van der Waals surface area (Å²) in [5.41, 5.74) is 0.718. The number of carbonyl (C=O) groups excluding carboxylic acids is 1. The quantitative estimate of drug-likeness (QED) is 0.770. The van der Waals surface area contributed by atoms with Crippen molar-refractivity contribution in [3.63, 3.8) is 0 Å². The molecule has 0 atom stereocenters. The van der Waals surface area contributed by atoms with Crippen LogP contribution >= 0.6 is 35.0 Å². The van der Waals surface area contributed by atoms with E-state index in [2.05, 4.69) is 33.2 Å². The first-order valence-corrected chi connectivity index (χ1v) is 7.13. The highest BCUT2D eigenvalue weighted by Gasteiger charge is 2.17.